The van der Waals surface area contributed by atoms with Crippen LogP contribution < -0.4 is 9.47 Å². The second-order valence-electron chi connectivity index (χ2n) is 7.73. The average molecular weight is 348 g/mol. The van der Waals surface area contributed by atoms with Crippen molar-refractivity contribution in [3.8, 4) is 11.5 Å². The molecule has 5 nitrogen and oxygen atoms in total. The van der Waals surface area contributed by atoms with E-state index in [0.717, 1.165) is 37.7 Å². The predicted molar refractivity (Wildman–Crippen MR) is 99.4 cm³/mol. The van der Waals surface area contributed by atoms with E-state index in [-0.39, 0.29) is 0 Å². The second-order valence-corrected chi connectivity index (χ2v) is 7.73. The van der Waals surface area contributed by atoms with Crippen LogP contribution in [0.15, 0.2) is 18.2 Å². The van der Waals surface area contributed by atoms with Gasteiger partial charge in [0.25, 0.3) is 0 Å². The van der Waals surface area contributed by atoms with Crippen molar-refractivity contribution in [1.29, 1.82) is 0 Å². The summed E-state index contributed by atoms with van der Waals surface area (Å²) in [5.74, 6) is 1.73. The van der Waals surface area contributed by atoms with Crippen molar-refractivity contribution in [2.75, 3.05) is 54.6 Å². The number of hydrogen-bond acceptors (Lipinski definition) is 5. The number of likely N-dealkylation sites (N-methyl/N-ethyl adjacent to an activating group) is 1. The van der Waals surface area contributed by atoms with Crippen LogP contribution in [0.1, 0.15) is 24.8 Å². The minimum atomic E-state index is 0.487. The van der Waals surface area contributed by atoms with E-state index >= 15 is 0 Å². The summed E-state index contributed by atoms with van der Waals surface area (Å²) in [4.78, 5) is 5.05. The van der Waals surface area contributed by atoms with E-state index in [0.29, 0.717) is 11.5 Å². The highest BCUT2D eigenvalue weighted by Gasteiger charge is 2.43. The van der Waals surface area contributed by atoms with Crippen molar-refractivity contribution in [2.24, 2.45) is 5.41 Å². The monoisotopic (exact) mass is 348 g/mol. The molecule has 1 unspecified atom stereocenters. The largest absolute Gasteiger partial charge is 0.497 e. The molecule has 0 aromatic heterocycles. The zero-order chi connectivity index (χ0) is 17.9. The van der Waals surface area contributed by atoms with E-state index < -0.39 is 0 Å². The first kappa shape index (κ1) is 18.5. The third-order valence-corrected chi connectivity index (χ3v) is 5.97. The van der Waals surface area contributed by atoms with Crippen LogP contribution >= 0.6 is 0 Å². The van der Waals surface area contributed by atoms with Gasteiger partial charge in [-0.1, -0.05) is 0 Å². The molecule has 1 aromatic carbocycles. The molecule has 1 atom stereocenters. The third-order valence-electron chi connectivity index (χ3n) is 5.97. The van der Waals surface area contributed by atoms with E-state index in [1.165, 1.54) is 31.4 Å². The highest BCUT2D eigenvalue weighted by molar-refractivity contribution is 5.38. The molecule has 0 bridgehead atoms. The Morgan fingerprint density at radius 3 is 2.24 bits per heavy atom. The molecule has 2 aliphatic heterocycles. The maximum Gasteiger partial charge on any atom is 0.122 e. The van der Waals surface area contributed by atoms with Gasteiger partial charge in [-0.25, -0.2) is 0 Å². The first-order valence-electron chi connectivity index (χ1n) is 9.21. The Hall–Kier alpha value is -1.30. The van der Waals surface area contributed by atoms with Gasteiger partial charge < -0.3 is 19.1 Å². The lowest BCUT2D eigenvalue weighted by Crippen LogP contribution is -2.40. The Morgan fingerprint density at radius 1 is 1.04 bits per heavy atom. The lowest BCUT2D eigenvalue weighted by atomic mass is 9.76. The first-order valence-corrected chi connectivity index (χ1v) is 9.21. The molecule has 2 aliphatic rings. The topological polar surface area (TPSA) is 34.2 Å². The number of ether oxygens (including phenoxy) is 3. The van der Waals surface area contributed by atoms with Crippen LogP contribution in [0.2, 0.25) is 0 Å². The molecule has 2 heterocycles. The molecule has 140 valence electrons. The molecule has 0 aliphatic carbocycles. The molecule has 1 aromatic rings. The summed E-state index contributed by atoms with van der Waals surface area (Å²) in [6, 6.07) is 6.74. The van der Waals surface area contributed by atoms with Gasteiger partial charge in [0.05, 0.1) is 20.8 Å². The minimum Gasteiger partial charge on any atom is -0.497 e. The van der Waals surface area contributed by atoms with Gasteiger partial charge in [-0.2, -0.15) is 0 Å². The summed E-state index contributed by atoms with van der Waals surface area (Å²) in [5, 5.41) is 0. The second kappa shape index (κ2) is 7.94. The zero-order valence-corrected chi connectivity index (χ0v) is 16.1. The summed E-state index contributed by atoms with van der Waals surface area (Å²) < 4.78 is 16.2. The highest BCUT2D eigenvalue weighted by Crippen LogP contribution is 2.43. The maximum atomic E-state index is 5.40. The Balaban J connectivity index is 1.58. The van der Waals surface area contributed by atoms with Gasteiger partial charge in [0.2, 0.25) is 0 Å². The van der Waals surface area contributed by atoms with E-state index in [9.17, 15) is 0 Å². The first-order chi connectivity index (χ1) is 12.1. The molecule has 2 saturated heterocycles. The van der Waals surface area contributed by atoms with Crippen LogP contribution in [0.3, 0.4) is 0 Å². The summed E-state index contributed by atoms with van der Waals surface area (Å²) in [5.41, 5.74) is 1.74. The molecule has 3 rings (SSSR count). The summed E-state index contributed by atoms with van der Waals surface area (Å²) in [6.07, 6.45) is 3.83. The van der Waals surface area contributed by atoms with Crippen LogP contribution in [-0.2, 0) is 11.3 Å². The minimum absolute atomic E-state index is 0.487. The van der Waals surface area contributed by atoms with Gasteiger partial charge >= 0.3 is 0 Å². The van der Waals surface area contributed by atoms with Crippen LogP contribution in [0.5, 0.6) is 11.5 Å². The molecule has 0 saturated carbocycles. The number of benzene rings is 1. The predicted octanol–water partition coefficient (Wildman–Crippen LogP) is 2.64. The normalized spacial score (nSPS) is 23.9. The molecule has 2 fully saturated rings. The van der Waals surface area contributed by atoms with Gasteiger partial charge in [-0.15, -0.1) is 0 Å². The molecule has 0 amide bonds. The molecule has 1 spiro atoms. The van der Waals surface area contributed by atoms with Crippen LogP contribution in [0, 0.1) is 5.41 Å². The quantitative estimate of drug-likeness (QED) is 0.789. The van der Waals surface area contributed by atoms with Crippen molar-refractivity contribution in [3.05, 3.63) is 23.8 Å². The van der Waals surface area contributed by atoms with E-state index in [1.54, 1.807) is 14.2 Å². The fourth-order valence-electron chi connectivity index (χ4n) is 4.52. The Kier molecular flexibility index (Phi) is 5.87. The number of likely N-dealkylation sites (tertiary alicyclic amines) is 2. The van der Waals surface area contributed by atoms with E-state index in [4.69, 9.17) is 14.2 Å². The van der Waals surface area contributed by atoms with Crippen LogP contribution in [-0.4, -0.2) is 70.5 Å². The summed E-state index contributed by atoms with van der Waals surface area (Å²) >= 11 is 0. The van der Waals surface area contributed by atoms with Crippen LogP contribution in [0.4, 0.5) is 0 Å². The number of piperidine rings is 1. The van der Waals surface area contributed by atoms with Crippen molar-refractivity contribution in [3.63, 3.8) is 0 Å². The van der Waals surface area contributed by atoms with Gasteiger partial charge in [0.1, 0.15) is 11.5 Å². The maximum absolute atomic E-state index is 5.40. The molecule has 0 N–H and O–H groups in total. The van der Waals surface area contributed by atoms with E-state index in [2.05, 4.69) is 29.0 Å². The number of nitrogens with zero attached hydrogens (tertiary/aromatic N) is 2. The number of methoxy groups -OCH3 is 3. The molecule has 5 heteroatoms. The molecule has 25 heavy (non-hydrogen) atoms. The van der Waals surface area contributed by atoms with Crippen molar-refractivity contribution < 1.29 is 14.2 Å². The van der Waals surface area contributed by atoms with Crippen molar-refractivity contribution >= 4 is 0 Å². The smallest absolute Gasteiger partial charge is 0.122 e. The van der Waals surface area contributed by atoms with E-state index in [1.807, 2.05) is 13.2 Å². The Labute approximate surface area is 151 Å². The Morgan fingerprint density at radius 2 is 1.68 bits per heavy atom. The van der Waals surface area contributed by atoms with Crippen molar-refractivity contribution in [1.82, 2.24) is 9.80 Å². The number of hydrogen-bond donors (Lipinski definition) is 0. The van der Waals surface area contributed by atoms with Crippen molar-refractivity contribution in [2.45, 2.75) is 31.8 Å². The Bertz CT molecular complexity index is 548. The zero-order valence-electron chi connectivity index (χ0n) is 16.1. The highest BCUT2D eigenvalue weighted by atomic mass is 16.5. The van der Waals surface area contributed by atoms with Gasteiger partial charge in [0, 0.05) is 32.3 Å². The third kappa shape index (κ3) is 4.27. The SMILES string of the molecule is COCC1CC2(CCN(Cc3cc(OC)cc(OC)c3)CC2)CN1C. The fourth-order valence-corrected chi connectivity index (χ4v) is 4.52. The summed E-state index contributed by atoms with van der Waals surface area (Å²) in [7, 11) is 7.46. The van der Waals surface area contributed by atoms with Gasteiger partial charge in [0.15, 0.2) is 0 Å². The van der Waals surface area contributed by atoms with Crippen LogP contribution in [0.25, 0.3) is 0 Å². The fraction of sp³-hybridized carbons (Fsp3) is 0.700. The lowest BCUT2D eigenvalue weighted by Gasteiger charge is -2.39. The van der Waals surface area contributed by atoms with Gasteiger partial charge in [-0.3, -0.25) is 4.90 Å². The standard InChI is InChI=1S/C20H32N2O3/c1-21-15-20(12-17(21)14-23-2)5-7-22(8-6-20)13-16-9-18(24-3)11-19(10-16)25-4/h9-11,17H,5-8,12-15H2,1-4H3. The summed E-state index contributed by atoms with van der Waals surface area (Å²) in [6.45, 7) is 5.34. The number of rotatable bonds is 6. The molecule has 0 radical (unpaired) electrons. The average Bonchev–Trinajstić information content (AvgIpc) is 2.92. The van der Waals surface area contributed by atoms with Gasteiger partial charge in [-0.05, 0) is 62.5 Å². The lowest BCUT2D eigenvalue weighted by molar-refractivity contribution is 0.104. The molecular weight excluding hydrogens is 316 g/mol. The molecular formula is C20H32N2O3.